The molecular formula is C28H36O11. The van der Waals surface area contributed by atoms with Gasteiger partial charge in [0.05, 0.1) is 54.3 Å². The van der Waals surface area contributed by atoms with Gasteiger partial charge >= 0.3 is 17.9 Å². The van der Waals surface area contributed by atoms with Crippen LogP contribution in [-0.4, -0.2) is 71.8 Å². The molecule has 2 atom stereocenters. The van der Waals surface area contributed by atoms with E-state index in [2.05, 4.69) is 0 Å². The second-order valence-electron chi connectivity index (χ2n) is 8.46. The zero-order valence-electron chi connectivity index (χ0n) is 23.1. The SMILES string of the molecule is CCOC(=O)C(CCC(COc1ccc(C(=O)OC)cc1)Cc1cc(OC)c(OC)c(OC)c1OC)C(=O)O. The van der Waals surface area contributed by atoms with Crippen molar-refractivity contribution in [3.05, 3.63) is 41.5 Å². The minimum atomic E-state index is -1.31. The second kappa shape index (κ2) is 15.3. The van der Waals surface area contributed by atoms with Crippen molar-refractivity contribution in [2.45, 2.75) is 26.2 Å². The first-order valence-electron chi connectivity index (χ1n) is 12.3. The van der Waals surface area contributed by atoms with Crippen molar-refractivity contribution in [2.24, 2.45) is 11.8 Å². The van der Waals surface area contributed by atoms with Crippen LogP contribution in [0, 0.1) is 11.8 Å². The van der Waals surface area contributed by atoms with Gasteiger partial charge in [-0.05, 0) is 62.4 Å². The van der Waals surface area contributed by atoms with Crippen LogP contribution in [0.1, 0.15) is 35.7 Å². The number of carbonyl (C=O) groups excluding carboxylic acids is 2. The number of hydrogen-bond acceptors (Lipinski definition) is 10. The Balaban J connectivity index is 2.37. The topological polar surface area (TPSA) is 136 Å². The Bertz CT molecular complexity index is 1110. The van der Waals surface area contributed by atoms with Crippen molar-refractivity contribution in [3.63, 3.8) is 0 Å². The van der Waals surface area contributed by atoms with E-state index >= 15 is 0 Å². The molecule has 1 N–H and O–H groups in total. The van der Waals surface area contributed by atoms with Crippen LogP contribution in [0.5, 0.6) is 28.7 Å². The van der Waals surface area contributed by atoms with Gasteiger partial charge in [0.15, 0.2) is 17.4 Å². The van der Waals surface area contributed by atoms with E-state index in [4.69, 9.17) is 33.2 Å². The van der Waals surface area contributed by atoms with Crippen molar-refractivity contribution in [2.75, 3.05) is 48.8 Å². The second-order valence-corrected chi connectivity index (χ2v) is 8.46. The molecular weight excluding hydrogens is 512 g/mol. The Morgan fingerprint density at radius 2 is 1.49 bits per heavy atom. The van der Waals surface area contributed by atoms with Crippen molar-refractivity contribution >= 4 is 17.9 Å². The van der Waals surface area contributed by atoms with Crippen LogP contribution >= 0.6 is 0 Å². The number of ether oxygens (including phenoxy) is 7. The zero-order chi connectivity index (χ0) is 28.9. The van der Waals surface area contributed by atoms with E-state index in [9.17, 15) is 19.5 Å². The summed E-state index contributed by atoms with van der Waals surface area (Å²) in [6, 6.07) is 8.21. The molecule has 0 saturated carbocycles. The summed E-state index contributed by atoms with van der Waals surface area (Å²) in [5, 5.41) is 9.61. The molecule has 11 nitrogen and oxygen atoms in total. The van der Waals surface area contributed by atoms with E-state index in [0.29, 0.717) is 52.7 Å². The number of carboxylic acid groups (broad SMARTS) is 1. The van der Waals surface area contributed by atoms with E-state index in [1.807, 2.05) is 0 Å². The van der Waals surface area contributed by atoms with Crippen LogP contribution in [0.4, 0.5) is 0 Å². The zero-order valence-corrected chi connectivity index (χ0v) is 23.1. The van der Waals surface area contributed by atoms with E-state index in [-0.39, 0.29) is 25.6 Å². The van der Waals surface area contributed by atoms with Gasteiger partial charge in [-0.1, -0.05) is 0 Å². The Morgan fingerprint density at radius 1 is 0.846 bits per heavy atom. The largest absolute Gasteiger partial charge is 0.493 e. The molecule has 11 heteroatoms. The van der Waals surface area contributed by atoms with E-state index in [0.717, 1.165) is 0 Å². The van der Waals surface area contributed by atoms with Crippen molar-refractivity contribution in [1.29, 1.82) is 0 Å². The molecule has 0 aliphatic carbocycles. The molecule has 0 spiro atoms. The van der Waals surface area contributed by atoms with E-state index in [1.54, 1.807) is 37.3 Å². The van der Waals surface area contributed by atoms with Crippen LogP contribution in [-0.2, 0) is 25.5 Å². The molecule has 39 heavy (non-hydrogen) atoms. The van der Waals surface area contributed by atoms with Crippen LogP contribution in [0.25, 0.3) is 0 Å². The first kappa shape index (κ1) is 31.1. The fourth-order valence-electron chi connectivity index (χ4n) is 4.12. The average molecular weight is 549 g/mol. The smallest absolute Gasteiger partial charge is 0.337 e. The molecule has 0 bridgehead atoms. The Labute approximate surface area is 227 Å². The lowest BCUT2D eigenvalue weighted by Gasteiger charge is -2.23. The van der Waals surface area contributed by atoms with Crippen molar-refractivity contribution in [1.82, 2.24) is 0 Å². The van der Waals surface area contributed by atoms with Gasteiger partial charge in [-0.25, -0.2) is 4.79 Å². The maximum Gasteiger partial charge on any atom is 0.337 e. The molecule has 2 aromatic carbocycles. The lowest BCUT2D eigenvalue weighted by molar-refractivity contribution is -0.158. The molecule has 0 aliphatic heterocycles. The van der Waals surface area contributed by atoms with Gasteiger partial charge < -0.3 is 38.3 Å². The maximum atomic E-state index is 12.2. The number of methoxy groups -OCH3 is 5. The van der Waals surface area contributed by atoms with Gasteiger partial charge in [0.1, 0.15) is 5.75 Å². The monoisotopic (exact) mass is 548 g/mol. The Morgan fingerprint density at radius 3 is 2.00 bits per heavy atom. The molecule has 0 amide bonds. The summed E-state index contributed by atoms with van der Waals surface area (Å²) in [5.41, 5.74) is 1.09. The predicted octanol–water partition coefficient (Wildman–Crippen LogP) is 3.79. The summed E-state index contributed by atoms with van der Waals surface area (Å²) in [5.74, 6) is -2.00. The first-order valence-corrected chi connectivity index (χ1v) is 12.3. The van der Waals surface area contributed by atoms with Gasteiger partial charge in [-0.15, -0.1) is 0 Å². The molecule has 0 fully saturated rings. The molecule has 0 aliphatic rings. The third-order valence-electron chi connectivity index (χ3n) is 6.07. The highest BCUT2D eigenvalue weighted by atomic mass is 16.5. The normalized spacial score (nSPS) is 12.1. The fraction of sp³-hybridized carbons (Fsp3) is 0.464. The summed E-state index contributed by atoms with van der Waals surface area (Å²) in [6.07, 6.45) is 0.724. The Kier molecular flexibility index (Phi) is 12.2. The highest BCUT2D eigenvalue weighted by molar-refractivity contribution is 5.93. The summed E-state index contributed by atoms with van der Waals surface area (Å²) in [7, 11) is 7.28. The third kappa shape index (κ3) is 8.17. The molecule has 2 aromatic rings. The molecule has 2 rings (SSSR count). The van der Waals surface area contributed by atoms with Gasteiger partial charge in [0, 0.05) is 5.56 Å². The van der Waals surface area contributed by atoms with Crippen LogP contribution in [0.3, 0.4) is 0 Å². The number of carboxylic acids is 1. The highest BCUT2D eigenvalue weighted by Crippen LogP contribution is 2.47. The Hall–Kier alpha value is -4.15. The van der Waals surface area contributed by atoms with Gasteiger partial charge in [-0.3, -0.25) is 9.59 Å². The average Bonchev–Trinajstić information content (AvgIpc) is 2.94. The molecule has 0 aromatic heterocycles. The minimum Gasteiger partial charge on any atom is -0.493 e. The standard InChI is InChI=1S/C28H36O11/c1-7-38-28(32)21(26(29)30)13-8-17(16-39-20-11-9-18(10-12-20)27(31)37-6)14-19-15-22(33-2)24(35-4)25(36-5)23(19)34-3/h9-12,15,17,21H,7-8,13-14,16H2,1-6H3,(H,29,30). The number of rotatable bonds is 16. The van der Waals surface area contributed by atoms with E-state index < -0.39 is 23.8 Å². The summed E-state index contributed by atoms with van der Waals surface area (Å²) in [6.45, 7) is 1.88. The molecule has 0 saturated heterocycles. The lowest BCUT2D eigenvalue weighted by Crippen LogP contribution is -2.27. The fourth-order valence-corrected chi connectivity index (χ4v) is 4.12. The lowest BCUT2D eigenvalue weighted by atomic mass is 9.90. The van der Waals surface area contributed by atoms with Gasteiger partial charge in [0.25, 0.3) is 0 Å². The predicted molar refractivity (Wildman–Crippen MR) is 140 cm³/mol. The van der Waals surface area contributed by atoms with Crippen LogP contribution in [0.15, 0.2) is 30.3 Å². The van der Waals surface area contributed by atoms with Gasteiger partial charge in [-0.2, -0.15) is 0 Å². The quantitative estimate of drug-likeness (QED) is 0.242. The number of esters is 2. The number of hydrogen-bond donors (Lipinski definition) is 1. The number of aliphatic carboxylic acids is 1. The molecule has 0 heterocycles. The highest BCUT2D eigenvalue weighted by Gasteiger charge is 2.30. The van der Waals surface area contributed by atoms with Crippen molar-refractivity contribution < 1.29 is 52.6 Å². The minimum absolute atomic E-state index is 0.0379. The first-order chi connectivity index (χ1) is 18.7. The number of benzene rings is 2. The summed E-state index contributed by atoms with van der Waals surface area (Å²) in [4.78, 5) is 35.7. The van der Waals surface area contributed by atoms with E-state index in [1.165, 1.54) is 35.5 Å². The number of carbonyl (C=O) groups is 3. The summed E-state index contributed by atoms with van der Waals surface area (Å²) < 4.78 is 37.8. The molecule has 2 unspecified atom stereocenters. The van der Waals surface area contributed by atoms with Crippen molar-refractivity contribution in [3.8, 4) is 28.7 Å². The summed E-state index contributed by atoms with van der Waals surface area (Å²) >= 11 is 0. The maximum absolute atomic E-state index is 12.2. The molecule has 0 radical (unpaired) electrons. The molecule has 214 valence electrons. The van der Waals surface area contributed by atoms with Gasteiger partial charge in [0.2, 0.25) is 11.5 Å². The van der Waals surface area contributed by atoms with Crippen LogP contribution in [0.2, 0.25) is 0 Å². The van der Waals surface area contributed by atoms with Crippen LogP contribution < -0.4 is 23.7 Å². The third-order valence-corrected chi connectivity index (χ3v) is 6.07.